The first-order chi connectivity index (χ1) is 16.1. The number of halogens is 1. The van der Waals surface area contributed by atoms with Gasteiger partial charge in [-0.2, -0.15) is 4.98 Å². The van der Waals surface area contributed by atoms with Crippen LogP contribution in [0.25, 0.3) is 0 Å². The van der Waals surface area contributed by atoms with Crippen LogP contribution < -0.4 is 10.6 Å². The number of aromatic nitrogens is 3. The van der Waals surface area contributed by atoms with Gasteiger partial charge in [0.1, 0.15) is 6.04 Å². The molecular weight excluding hydrogens is 454 g/mol. The van der Waals surface area contributed by atoms with E-state index in [2.05, 4.69) is 20.7 Å². The van der Waals surface area contributed by atoms with Crippen LogP contribution in [0, 0.1) is 13.8 Å². The second-order valence-corrected chi connectivity index (χ2v) is 8.98. The summed E-state index contributed by atoms with van der Waals surface area (Å²) >= 11 is 6.11. The molecule has 0 bridgehead atoms. The standard InChI is InChI=1S/C25H26ClN5O3/c1-13(2)34-24(33)22-29-25-27-16(5)20(23(32)28-19-11-6-14(3)12-15(19)4)21(31(25)30-22)17-7-9-18(26)10-8-17/h6-13,21H,1-5H3,(H,28,32)(H,27,29,30)/t21-/m1/s1. The molecule has 1 aromatic heterocycles. The van der Waals surface area contributed by atoms with E-state index in [1.165, 1.54) is 4.68 Å². The van der Waals surface area contributed by atoms with Gasteiger partial charge in [0.2, 0.25) is 5.95 Å². The number of anilines is 2. The van der Waals surface area contributed by atoms with Gasteiger partial charge in [-0.05, 0) is 63.9 Å². The van der Waals surface area contributed by atoms with Gasteiger partial charge in [-0.15, -0.1) is 5.10 Å². The number of hydrogen-bond donors (Lipinski definition) is 2. The van der Waals surface area contributed by atoms with E-state index in [0.717, 1.165) is 22.4 Å². The Hall–Kier alpha value is -3.65. The third-order valence-corrected chi connectivity index (χ3v) is 5.69. The van der Waals surface area contributed by atoms with Gasteiger partial charge in [0.15, 0.2) is 0 Å². The molecule has 0 aliphatic carbocycles. The Morgan fingerprint density at radius 2 is 1.82 bits per heavy atom. The summed E-state index contributed by atoms with van der Waals surface area (Å²) in [7, 11) is 0. The lowest BCUT2D eigenvalue weighted by molar-refractivity contribution is -0.113. The topological polar surface area (TPSA) is 98.1 Å². The van der Waals surface area contributed by atoms with Crippen molar-refractivity contribution in [3.63, 3.8) is 0 Å². The van der Waals surface area contributed by atoms with Gasteiger partial charge < -0.3 is 15.4 Å². The van der Waals surface area contributed by atoms with Crippen LogP contribution in [0.1, 0.15) is 54.1 Å². The first-order valence-electron chi connectivity index (χ1n) is 10.9. The fourth-order valence-electron chi connectivity index (χ4n) is 3.90. The van der Waals surface area contributed by atoms with Crippen LogP contribution in [0.5, 0.6) is 0 Å². The van der Waals surface area contributed by atoms with Gasteiger partial charge >= 0.3 is 5.97 Å². The average molecular weight is 480 g/mol. The summed E-state index contributed by atoms with van der Waals surface area (Å²) < 4.78 is 6.79. The lowest BCUT2D eigenvalue weighted by Gasteiger charge is -2.29. The molecule has 0 saturated carbocycles. The first-order valence-corrected chi connectivity index (χ1v) is 11.3. The van der Waals surface area contributed by atoms with Crippen LogP contribution in [0.15, 0.2) is 53.7 Å². The number of allylic oxidation sites excluding steroid dienone is 1. The van der Waals surface area contributed by atoms with Gasteiger partial charge in [-0.25, -0.2) is 9.48 Å². The molecule has 0 radical (unpaired) electrons. The average Bonchev–Trinajstić information content (AvgIpc) is 3.18. The van der Waals surface area contributed by atoms with E-state index < -0.39 is 12.0 Å². The van der Waals surface area contributed by atoms with Crippen molar-refractivity contribution in [3.05, 3.63) is 81.3 Å². The molecule has 176 valence electrons. The molecule has 3 aromatic rings. The molecule has 1 atom stereocenters. The molecule has 2 N–H and O–H groups in total. The van der Waals surface area contributed by atoms with Gasteiger partial charge in [0.05, 0.1) is 11.7 Å². The van der Waals surface area contributed by atoms with Crippen LogP contribution in [-0.2, 0) is 9.53 Å². The second-order valence-electron chi connectivity index (χ2n) is 8.55. The monoisotopic (exact) mass is 479 g/mol. The van der Waals surface area contributed by atoms with Crippen molar-refractivity contribution in [2.24, 2.45) is 0 Å². The van der Waals surface area contributed by atoms with Crippen molar-refractivity contribution in [1.29, 1.82) is 0 Å². The van der Waals surface area contributed by atoms with E-state index in [0.29, 0.717) is 22.2 Å². The molecule has 4 rings (SSSR count). The van der Waals surface area contributed by atoms with Crippen molar-refractivity contribution >= 4 is 35.1 Å². The van der Waals surface area contributed by atoms with Gasteiger partial charge in [-0.3, -0.25) is 4.79 Å². The highest BCUT2D eigenvalue weighted by Crippen LogP contribution is 2.36. The number of rotatable bonds is 5. The van der Waals surface area contributed by atoms with Crippen molar-refractivity contribution in [3.8, 4) is 0 Å². The second kappa shape index (κ2) is 9.30. The smallest absolute Gasteiger partial charge is 0.378 e. The van der Waals surface area contributed by atoms with Crippen molar-refractivity contribution < 1.29 is 14.3 Å². The molecular formula is C25H26ClN5O3. The summed E-state index contributed by atoms with van der Waals surface area (Å²) in [6.07, 6.45) is -0.313. The number of carbonyl (C=O) groups is 2. The van der Waals surface area contributed by atoms with Crippen LogP contribution in [0.2, 0.25) is 5.02 Å². The maximum absolute atomic E-state index is 13.6. The zero-order valence-corrected chi connectivity index (χ0v) is 20.4. The largest absolute Gasteiger partial charge is 0.457 e. The van der Waals surface area contributed by atoms with Crippen LogP contribution in [0.3, 0.4) is 0 Å². The summed E-state index contributed by atoms with van der Waals surface area (Å²) in [4.78, 5) is 30.4. The molecule has 0 unspecified atom stereocenters. The number of aryl methyl sites for hydroxylation is 2. The number of amides is 1. The van der Waals surface area contributed by atoms with E-state index >= 15 is 0 Å². The Balaban J connectivity index is 1.77. The highest BCUT2D eigenvalue weighted by Gasteiger charge is 2.35. The molecule has 8 nitrogen and oxygen atoms in total. The number of hydrogen-bond acceptors (Lipinski definition) is 6. The van der Waals surface area contributed by atoms with E-state index in [9.17, 15) is 9.59 Å². The van der Waals surface area contributed by atoms with Crippen LogP contribution in [-0.4, -0.2) is 32.7 Å². The molecule has 34 heavy (non-hydrogen) atoms. The highest BCUT2D eigenvalue weighted by molar-refractivity contribution is 6.30. The summed E-state index contributed by atoms with van der Waals surface area (Å²) in [6, 6.07) is 12.4. The Kier molecular flexibility index (Phi) is 6.43. The zero-order chi connectivity index (χ0) is 24.6. The normalized spacial score (nSPS) is 15.1. The minimum absolute atomic E-state index is 0.0843. The van der Waals surface area contributed by atoms with E-state index in [1.807, 2.05) is 44.2 Å². The molecule has 1 amide bonds. The Morgan fingerprint density at radius 1 is 1.12 bits per heavy atom. The van der Waals surface area contributed by atoms with Crippen LogP contribution in [0.4, 0.5) is 11.6 Å². The Bertz CT molecular complexity index is 1290. The lowest BCUT2D eigenvalue weighted by atomic mass is 9.95. The SMILES string of the molecule is CC1=C(C(=O)Nc2ccc(C)cc2C)[C@@H](c2ccc(Cl)cc2)n2nc(C(=O)OC(C)C)nc2N1. The Morgan fingerprint density at radius 3 is 2.47 bits per heavy atom. The molecule has 2 heterocycles. The molecule has 0 saturated heterocycles. The lowest BCUT2D eigenvalue weighted by Crippen LogP contribution is -2.31. The third-order valence-electron chi connectivity index (χ3n) is 5.44. The molecule has 2 aromatic carbocycles. The van der Waals surface area contributed by atoms with E-state index in [-0.39, 0.29) is 17.8 Å². The number of fused-ring (bicyclic) bond motifs is 1. The Labute approximate surface area is 203 Å². The summed E-state index contributed by atoms with van der Waals surface area (Å²) in [5.41, 5.74) is 4.60. The van der Waals surface area contributed by atoms with Gasteiger partial charge in [0.25, 0.3) is 11.7 Å². The fourth-order valence-corrected chi connectivity index (χ4v) is 4.02. The third kappa shape index (κ3) is 4.68. The summed E-state index contributed by atoms with van der Waals surface area (Å²) in [6.45, 7) is 9.25. The minimum Gasteiger partial charge on any atom is -0.457 e. The zero-order valence-electron chi connectivity index (χ0n) is 19.6. The molecule has 9 heteroatoms. The van der Waals surface area contributed by atoms with Crippen molar-refractivity contribution in [2.75, 3.05) is 10.6 Å². The number of nitrogens with zero attached hydrogens (tertiary/aromatic N) is 3. The molecule has 1 aliphatic heterocycles. The van der Waals surface area contributed by atoms with E-state index in [4.69, 9.17) is 16.3 Å². The summed E-state index contributed by atoms with van der Waals surface area (Å²) in [5.74, 6) is -0.660. The minimum atomic E-state index is -0.632. The quantitative estimate of drug-likeness (QED) is 0.497. The summed E-state index contributed by atoms with van der Waals surface area (Å²) in [5, 5.41) is 11.1. The molecule has 0 fully saturated rings. The number of benzene rings is 2. The van der Waals surface area contributed by atoms with Gasteiger partial charge in [-0.1, -0.05) is 41.4 Å². The van der Waals surface area contributed by atoms with Gasteiger partial charge in [0, 0.05) is 16.4 Å². The predicted molar refractivity (Wildman–Crippen MR) is 131 cm³/mol. The molecule has 1 aliphatic rings. The maximum Gasteiger partial charge on any atom is 0.378 e. The first kappa shape index (κ1) is 23.5. The number of carbonyl (C=O) groups excluding carboxylic acids is 2. The molecule has 0 spiro atoms. The number of nitrogens with one attached hydrogen (secondary N) is 2. The highest BCUT2D eigenvalue weighted by atomic mass is 35.5. The fraction of sp³-hybridized carbons (Fsp3) is 0.280. The van der Waals surface area contributed by atoms with Crippen molar-refractivity contribution in [1.82, 2.24) is 14.8 Å². The van der Waals surface area contributed by atoms with E-state index in [1.54, 1.807) is 32.9 Å². The number of ether oxygens (including phenoxy) is 1. The predicted octanol–water partition coefficient (Wildman–Crippen LogP) is 5.04. The van der Waals surface area contributed by atoms with Crippen molar-refractivity contribution in [2.45, 2.75) is 46.8 Å². The maximum atomic E-state index is 13.6. The van der Waals surface area contributed by atoms with Crippen LogP contribution >= 0.6 is 11.6 Å². The number of esters is 1.